The van der Waals surface area contributed by atoms with Gasteiger partial charge in [0.2, 0.25) is 0 Å². The van der Waals surface area contributed by atoms with Crippen LogP contribution in [0.4, 0.5) is 0 Å². The largest absolute Gasteiger partial charge is 0.492 e. The maximum absolute atomic E-state index is 12.6. The lowest BCUT2D eigenvalue weighted by Crippen LogP contribution is -2.45. The summed E-state index contributed by atoms with van der Waals surface area (Å²) in [5.41, 5.74) is 0.921. The monoisotopic (exact) mass is 421 g/mol. The molecule has 2 aromatic rings. The number of ether oxygens (including phenoxy) is 2. The van der Waals surface area contributed by atoms with E-state index in [-0.39, 0.29) is 17.7 Å². The molecule has 0 saturated carbocycles. The first kappa shape index (κ1) is 22.3. The van der Waals surface area contributed by atoms with Crippen LogP contribution < -0.4 is 14.8 Å². The minimum atomic E-state index is -0.450. The standard InChI is InChI=1S/C24H27N3O4/c1-18(28)31-23-10-5-3-8-21(23)24(29)26-20-11-14-27(15-12-20)13-6-16-30-22-9-4-2-7-19(22)17-25/h2-5,7-10,20H,6,11-16H2,1H3,(H,26,29). The van der Waals surface area contributed by atoms with Crippen molar-refractivity contribution in [2.45, 2.75) is 32.2 Å². The summed E-state index contributed by atoms with van der Waals surface area (Å²) in [5.74, 6) is 0.233. The fourth-order valence-corrected chi connectivity index (χ4v) is 3.62. The number of likely N-dealkylation sites (tertiary alicyclic amines) is 1. The number of hydrogen-bond acceptors (Lipinski definition) is 6. The molecule has 1 fully saturated rings. The molecule has 7 heteroatoms. The first-order chi connectivity index (χ1) is 15.1. The van der Waals surface area contributed by atoms with Crippen molar-refractivity contribution in [1.82, 2.24) is 10.2 Å². The topological polar surface area (TPSA) is 91.7 Å². The Balaban J connectivity index is 1.39. The zero-order valence-electron chi connectivity index (χ0n) is 17.7. The van der Waals surface area contributed by atoms with Gasteiger partial charge in [0.1, 0.15) is 17.6 Å². The molecule has 2 aromatic carbocycles. The molecular formula is C24H27N3O4. The van der Waals surface area contributed by atoms with E-state index in [4.69, 9.17) is 14.7 Å². The normalized spacial score (nSPS) is 14.5. The predicted molar refractivity (Wildman–Crippen MR) is 116 cm³/mol. The molecule has 0 unspecified atom stereocenters. The van der Waals surface area contributed by atoms with Crippen LogP contribution in [0.15, 0.2) is 48.5 Å². The van der Waals surface area contributed by atoms with Gasteiger partial charge in [0, 0.05) is 32.6 Å². The first-order valence-electron chi connectivity index (χ1n) is 10.5. The van der Waals surface area contributed by atoms with Crippen molar-refractivity contribution in [1.29, 1.82) is 5.26 Å². The van der Waals surface area contributed by atoms with Gasteiger partial charge in [-0.15, -0.1) is 0 Å². The van der Waals surface area contributed by atoms with Gasteiger partial charge in [0.05, 0.1) is 17.7 Å². The third kappa shape index (κ3) is 6.56. The van der Waals surface area contributed by atoms with Gasteiger partial charge in [-0.2, -0.15) is 5.26 Å². The van der Waals surface area contributed by atoms with Crippen molar-refractivity contribution in [2.24, 2.45) is 0 Å². The Bertz CT molecular complexity index is 946. The SMILES string of the molecule is CC(=O)Oc1ccccc1C(=O)NC1CCN(CCCOc2ccccc2C#N)CC1. The van der Waals surface area contributed by atoms with Crippen LogP contribution in [0, 0.1) is 11.3 Å². The number of nitrogens with one attached hydrogen (secondary N) is 1. The second-order valence-electron chi connectivity index (χ2n) is 7.49. The summed E-state index contributed by atoms with van der Waals surface area (Å²) in [4.78, 5) is 26.2. The lowest BCUT2D eigenvalue weighted by Gasteiger charge is -2.32. The molecule has 0 aromatic heterocycles. The fraction of sp³-hybridized carbons (Fsp3) is 0.375. The summed E-state index contributed by atoms with van der Waals surface area (Å²) in [6, 6.07) is 16.2. The summed E-state index contributed by atoms with van der Waals surface area (Å²) >= 11 is 0. The van der Waals surface area contributed by atoms with E-state index in [1.165, 1.54) is 6.92 Å². The van der Waals surface area contributed by atoms with E-state index < -0.39 is 5.97 Å². The van der Waals surface area contributed by atoms with Crippen LogP contribution in [0.1, 0.15) is 42.1 Å². The summed E-state index contributed by atoms with van der Waals surface area (Å²) in [6.07, 6.45) is 2.59. The van der Waals surface area contributed by atoms with Crippen molar-refractivity contribution < 1.29 is 19.1 Å². The average Bonchev–Trinajstić information content (AvgIpc) is 2.78. The van der Waals surface area contributed by atoms with Crippen LogP contribution in [0.5, 0.6) is 11.5 Å². The highest BCUT2D eigenvalue weighted by atomic mass is 16.5. The van der Waals surface area contributed by atoms with Gasteiger partial charge in [0.25, 0.3) is 5.91 Å². The fourth-order valence-electron chi connectivity index (χ4n) is 3.62. The van der Waals surface area contributed by atoms with Gasteiger partial charge in [-0.05, 0) is 43.5 Å². The Morgan fingerprint density at radius 2 is 1.77 bits per heavy atom. The number of para-hydroxylation sites is 2. The zero-order valence-corrected chi connectivity index (χ0v) is 17.7. The third-order valence-corrected chi connectivity index (χ3v) is 5.19. The highest BCUT2D eigenvalue weighted by Gasteiger charge is 2.22. The predicted octanol–water partition coefficient (Wildman–Crippen LogP) is 3.15. The minimum Gasteiger partial charge on any atom is -0.492 e. The molecule has 3 rings (SSSR count). The van der Waals surface area contributed by atoms with Crippen LogP contribution >= 0.6 is 0 Å². The number of hydrogen-bond donors (Lipinski definition) is 1. The first-order valence-corrected chi connectivity index (χ1v) is 10.5. The number of nitriles is 1. The summed E-state index contributed by atoms with van der Waals surface area (Å²) < 4.78 is 10.9. The number of amides is 1. The summed E-state index contributed by atoms with van der Waals surface area (Å²) in [6.45, 7) is 4.57. The molecule has 0 bridgehead atoms. The lowest BCUT2D eigenvalue weighted by atomic mass is 10.0. The molecule has 0 radical (unpaired) electrons. The molecule has 0 aliphatic carbocycles. The van der Waals surface area contributed by atoms with Crippen LogP contribution in [0.25, 0.3) is 0 Å². The number of rotatable bonds is 8. The molecule has 1 amide bonds. The molecule has 7 nitrogen and oxygen atoms in total. The minimum absolute atomic E-state index is 0.0906. The molecule has 0 atom stereocenters. The molecule has 162 valence electrons. The maximum atomic E-state index is 12.6. The van der Waals surface area contributed by atoms with Crippen LogP contribution in [0.3, 0.4) is 0 Å². The van der Waals surface area contributed by atoms with Crippen LogP contribution in [0.2, 0.25) is 0 Å². The van der Waals surface area contributed by atoms with E-state index in [0.717, 1.165) is 38.9 Å². The van der Waals surface area contributed by atoms with Crippen LogP contribution in [-0.2, 0) is 4.79 Å². The molecule has 1 aliphatic rings. The third-order valence-electron chi connectivity index (χ3n) is 5.19. The van der Waals surface area contributed by atoms with Gasteiger partial charge >= 0.3 is 5.97 Å². The Morgan fingerprint density at radius 3 is 2.48 bits per heavy atom. The molecule has 1 heterocycles. The van der Waals surface area contributed by atoms with E-state index in [0.29, 0.717) is 23.5 Å². The van der Waals surface area contributed by atoms with Crippen molar-refractivity contribution in [3.8, 4) is 17.6 Å². The smallest absolute Gasteiger partial charge is 0.308 e. The number of nitrogens with zero attached hydrogens (tertiary/aromatic N) is 2. The van der Waals surface area contributed by atoms with Crippen molar-refractivity contribution in [3.05, 3.63) is 59.7 Å². The van der Waals surface area contributed by atoms with E-state index in [2.05, 4.69) is 16.3 Å². The number of benzene rings is 2. The lowest BCUT2D eigenvalue weighted by molar-refractivity contribution is -0.131. The van der Waals surface area contributed by atoms with Crippen molar-refractivity contribution in [2.75, 3.05) is 26.2 Å². The highest BCUT2D eigenvalue weighted by Crippen LogP contribution is 2.20. The van der Waals surface area contributed by atoms with E-state index >= 15 is 0 Å². The Labute approximate surface area is 182 Å². The van der Waals surface area contributed by atoms with Gasteiger partial charge < -0.3 is 19.7 Å². The van der Waals surface area contributed by atoms with E-state index in [1.807, 2.05) is 18.2 Å². The Hall–Kier alpha value is -3.37. The molecule has 31 heavy (non-hydrogen) atoms. The van der Waals surface area contributed by atoms with Crippen molar-refractivity contribution in [3.63, 3.8) is 0 Å². The molecule has 1 N–H and O–H groups in total. The van der Waals surface area contributed by atoms with E-state index in [9.17, 15) is 9.59 Å². The van der Waals surface area contributed by atoms with Crippen LogP contribution in [-0.4, -0.2) is 49.1 Å². The van der Waals surface area contributed by atoms with Gasteiger partial charge in [0.15, 0.2) is 0 Å². The number of carbonyl (C=O) groups is 2. The Morgan fingerprint density at radius 1 is 1.10 bits per heavy atom. The molecular weight excluding hydrogens is 394 g/mol. The quantitative estimate of drug-likeness (QED) is 0.400. The second kappa shape index (κ2) is 11.1. The number of carbonyl (C=O) groups excluding carboxylic acids is 2. The number of piperidine rings is 1. The number of esters is 1. The Kier molecular flexibility index (Phi) is 8.02. The summed E-state index contributed by atoms with van der Waals surface area (Å²) in [7, 11) is 0. The average molecular weight is 421 g/mol. The highest BCUT2D eigenvalue weighted by molar-refractivity contribution is 5.97. The maximum Gasteiger partial charge on any atom is 0.308 e. The van der Waals surface area contributed by atoms with E-state index in [1.54, 1.807) is 30.3 Å². The van der Waals surface area contributed by atoms with Gasteiger partial charge in [-0.25, -0.2) is 0 Å². The molecule has 0 spiro atoms. The zero-order chi connectivity index (χ0) is 22.1. The molecule has 1 saturated heterocycles. The molecule has 1 aliphatic heterocycles. The van der Waals surface area contributed by atoms with Gasteiger partial charge in [-0.3, -0.25) is 9.59 Å². The van der Waals surface area contributed by atoms with Crippen molar-refractivity contribution >= 4 is 11.9 Å². The van der Waals surface area contributed by atoms with Gasteiger partial charge in [-0.1, -0.05) is 24.3 Å². The summed E-state index contributed by atoms with van der Waals surface area (Å²) in [5, 5.41) is 12.2. The second-order valence-corrected chi connectivity index (χ2v) is 7.49.